The van der Waals surface area contributed by atoms with E-state index in [-0.39, 0.29) is 5.41 Å². The second-order valence-corrected chi connectivity index (χ2v) is 6.12. The average Bonchev–Trinajstić information content (AvgIpc) is 2.43. The molecule has 2 heteroatoms. The molecule has 2 nitrogen and oxygen atoms in total. The average molecular weight is 253 g/mol. The van der Waals surface area contributed by atoms with Gasteiger partial charge in [-0.1, -0.05) is 39.5 Å². The summed E-state index contributed by atoms with van der Waals surface area (Å²) in [7, 11) is 0. The third kappa shape index (κ3) is 4.38. The number of hydrogen-bond acceptors (Lipinski definition) is 2. The number of hydrogen-bond donors (Lipinski definition) is 0. The van der Waals surface area contributed by atoms with Crippen molar-refractivity contribution in [3.8, 4) is 0 Å². The van der Waals surface area contributed by atoms with Crippen LogP contribution in [-0.2, 0) is 4.79 Å². The lowest BCUT2D eigenvalue weighted by Crippen LogP contribution is -2.44. The summed E-state index contributed by atoms with van der Waals surface area (Å²) in [6, 6.07) is 0.607. The van der Waals surface area contributed by atoms with E-state index in [0.717, 1.165) is 25.9 Å². The van der Waals surface area contributed by atoms with Gasteiger partial charge in [0.2, 0.25) is 0 Å². The van der Waals surface area contributed by atoms with Gasteiger partial charge in [-0.15, -0.1) is 0 Å². The summed E-state index contributed by atoms with van der Waals surface area (Å²) in [5, 5.41) is 0. The van der Waals surface area contributed by atoms with Crippen molar-refractivity contribution in [1.82, 2.24) is 4.90 Å². The number of aldehydes is 1. The SMILES string of the molecule is CCCCN(CC1(C=O)CCCCC1)C(C)CC. The summed E-state index contributed by atoms with van der Waals surface area (Å²) in [6.45, 7) is 8.94. The Kier molecular flexibility index (Phi) is 6.91. The number of carbonyl (C=O) groups is 1. The van der Waals surface area contributed by atoms with E-state index >= 15 is 0 Å². The van der Waals surface area contributed by atoms with E-state index in [4.69, 9.17) is 0 Å². The van der Waals surface area contributed by atoms with Crippen molar-refractivity contribution >= 4 is 6.29 Å². The van der Waals surface area contributed by atoms with Crippen LogP contribution < -0.4 is 0 Å². The topological polar surface area (TPSA) is 20.3 Å². The fraction of sp³-hybridized carbons (Fsp3) is 0.938. The predicted octanol–water partition coefficient (Wildman–Crippen LogP) is 4.04. The molecule has 0 spiro atoms. The third-order valence-corrected chi connectivity index (χ3v) is 4.63. The first-order valence-corrected chi connectivity index (χ1v) is 7.88. The molecule has 0 radical (unpaired) electrons. The lowest BCUT2D eigenvalue weighted by Gasteiger charge is -2.39. The predicted molar refractivity (Wildman–Crippen MR) is 77.8 cm³/mol. The molecule has 106 valence electrons. The third-order valence-electron chi connectivity index (χ3n) is 4.63. The van der Waals surface area contributed by atoms with Crippen molar-refractivity contribution in [2.45, 2.75) is 78.2 Å². The molecule has 1 saturated carbocycles. The Bertz CT molecular complexity index is 233. The molecule has 1 aliphatic rings. The van der Waals surface area contributed by atoms with Gasteiger partial charge in [0.05, 0.1) is 0 Å². The van der Waals surface area contributed by atoms with Gasteiger partial charge in [-0.2, -0.15) is 0 Å². The van der Waals surface area contributed by atoms with Crippen LogP contribution >= 0.6 is 0 Å². The second kappa shape index (κ2) is 7.93. The Labute approximate surface area is 113 Å². The molecular formula is C16H31NO. The fourth-order valence-corrected chi connectivity index (χ4v) is 3.05. The molecular weight excluding hydrogens is 222 g/mol. The largest absolute Gasteiger partial charge is 0.303 e. The molecule has 0 aromatic heterocycles. The highest BCUT2D eigenvalue weighted by Gasteiger charge is 2.34. The van der Waals surface area contributed by atoms with Crippen LogP contribution in [0.25, 0.3) is 0 Å². The van der Waals surface area contributed by atoms with Gasteiger partial charge in [-0.05, 0) is 39.2 Å². The van der Waals surface area contributed by atoms with Crippen LogP contribution in [0.15, 0.2) is 0 Å². The minimum absolute atomic E-state index is 0.0323. The number of carbonyl (C=O) groups excluding carboxylic acids is 1. The second-order valence-electron chi connectivity index (χ2n) is 6.12. The first-order chi connectivity index (χ1) is 8.67. The Morgan fingerprint density at radius 3 is 2.39 bits per heavy atom. The highest BCUT2D eigenvalue weighted by atomic mass is 16.1. The maximum Gasteiger partial charge on any atom is 0.127 e. The molecule has 1 atom stereocenters. The van der Waals surface area contributed by atoms with Crippen molar-refractivity contribution in [3.63, 3.8) is 0 Å². The molecule has 1 aliphatic carbocycles. The fourth-order valence-electron chi connectivity index (χ4n) is 3.05. The highest BCUT2D eigenvalue weighted by Crippen LogP contribution is 2.35. The van der Waals surface area contributed by atoms with Crippen molar-refractivity contribution in [2.75, 3.05) is 13.1 Å². The quantitative estimate of drug-likeness (QED) is 0.609. The maximum atomic E-state index is 11.6. The molecule has 1 unspecified atom stereocenters. The maximum absolute atomic E-state index is 11.6. The zero-order valence-electron chi connectivity index (χ0n) is 12.6. The minimum Gasteiger partial charge on any atom is -0.303 e. The molecule has 0 heterocycles. The summed E-state index contributed by atoms with van der Waals surface area (Å²) >= 11 is 0. The van der Waals surface area contributed by atoms with Gasteiger partial charge in [0.15, 0.2) is 0 Å². The lowest BCUT2D eigenvalue weighted by atomic mass is 9.74. The molecule has 0 aliphatic heterocycles. The summed E-state index contributed by atoms with van der Waals surface area (Å²) < 4.78 is 0. The van der Waals surface area contributed by atoms with Gasteiger partial charge < -0.3 is 4.79 Å². The number of unbranched alkanes of at least 4 members (excludes halogenated alkanes) is 1. The van der Waals surface area contributed by atoms with Crippen LogP contribution in [0.1, 0.15) is 72.1 Å². The smallest absolute Gasteiger partial charge is 0.127 e. The van der Waals surface area contributed by atoms with Gasteiger partial charge in [-0.3, -0.25) is 4.90 Å². The lowest BCUT2D eigenvalue weighted by molar-refractivity contribution is -0.119. The van der Waals surface area contributed by atoms with Gasteiger partial charge >= 0.3 is 0 Å². The van der Waals surface area contributed by atoms with Crippen molar-refractivity contribution < 1.29 is 4.79 Å². The van der Waals surface area contributed by atoms with Crippen LogP contribution in [0.3, 0.4) is 0 Å². The highest BCUT2D eigenvalue weighted by molar-refractivity contribution is 5.60. The first kappa shape index (κ1) is 15.7. The number of nitrogens with zero attached hydrogens (tertiary/aromatic N) is 1. The molecule has 0 amide bonds. The van der Waals surface area contributed by atoms with Crippen molar-refractivity contribution in [3.05, 3.63) is 0 Å². The van der Waals surface area contributed by atoms with Crippen LogP contribution in [0.5, 0.6) is 0 Å². The normalized spacial score (nSPS) is 20.9. The molecule has 0 bridgehead atoms. The van der Waals surface area contributed by atoms with Crippen LogP contribution in [0.2, 0.25) is 0 Å². The molecule has 0 saturated heterocycles. The Morgan fingerprint density at radius 2 is 1.89 bits per heavy atom. The zero-order valence-corrected chi connectivity index (χ0v) is 12.6. The van der Waals surface area contributed by atoms with Gasteiger partial charge in [0.1, 0.15) is 6.29 Å². The summed E-state index contributed by atoms with van der Waals surface area (Å²) in [5.74, 6) is 0. The summed E-state index contributed by atoms with van der Waals surface area (Å²) in [6.07, 6.45) is 10.9. The van der Waals surface area contributed by atoms with Crippen LogP contribution in [0, 0.1) is 5.41 Å². The van der Waals surface area contributed by atoms with Gasteiger partial charge in [-0.25, -0.2) is 0 Å². The van der Waals surface area contributed by atoms with E-state index in [2.05, 4.69) is 25.7 Å². The van der Waals surface area contributed by atoms with Gasteiger partial charge in [0, 0.05) is 18.0 Å². The summed E-state index contributed by atoms with van der Waals surface area (Å²) in [4.78, 5) is 14.1. The Morgan fingerprint density at radius 1 is 1.22 bits per heavy atom. The van der Waals surface area contributed by atoms with E-state index < -0.39 is 0 Å². The monoisotopic (exact) mass is 253 g/mol. The van der Waals surface area contributed by atoms with Crippen LogP contribution in [0.4, 0.5) is 0 Å². The first-order valence-electron chi connectivity index (χ1n) is 7.88. The van der Waals surface area contributed by atoms with E-state index in [0.29, 0.717) is 6.04 Å². The van der Waals surface area contributed by atoms with E-state index in [9.17, 15) is 4.79 Å². The molecule has 0 aromatic carbocycles. The molecule has 0 aromatic rings. The van der Waals surface area contributed by atoms with E-state index in [1.165, 1.54) is 44.8 Å². The van der Waals surface area contributed by atoms with Gasteiger partial charge in [0.25, 0.3) is 0 Å². The number of rotatable bonds is 8. The molecule has 0 N–H and O–H groups in total. The van der Waals surface area contributed by atoms with Crippen molar-refractivity contribution in [1.29, 1.82) is 0 Å². The van der Waals surface area contributed by atoms with Crippen LogP contribution in [-0.4, -0.2) is 30.3 Å². The molecule has 1 fully saturated rings. The Balaban J connectivity index is 2.63. The standard InChI is InChI=1S/C16H31NO/c1-4-6-12-17(15(3)5-2)13-16(14-18)10-8-7-9-11-16/h14-15H,4-13H2,1-3H3. The van der Waals surface area contributed by atoms with E-state index in [1.54, 1.807) is 0 Å². The van der Waals surface area contributed by atoms with Crippen molar-refractivity contribution in [2.24, 2.45) is 5.41 Å². The molecule has 18 heavy (non-hydrogen) atoms. The minimum atomic E-state index is -0.0323. The molecule has 1 rings (SSSR count). The summed E-state index contributed by atoms with van der Waals surface area (Å²) in [5.41, 5.74) is -0.0323. The zero-order chi connectivity index (χ0) is 13.4. The Hall–Kier alpha value is -0.370. The van der Waals surface area contributed by atoms with E-state index in [1.807, 2.05) is 0 Å².